The molecule has 1 aromatic rings. The summed E-state index contributed by atoms with van der Waals surface area (Å²) in [5, 5.41) is 9.05. The Bertz CT molecular complexity index is 484. The Labute approximate surface area is 125 Å². The van der Waals surface area contributed by atoms with Crippen LogP contribution in [0.2, 0.25) is 0 Å². The molecule has 0 heterocycles. The monoisotopic (exact) mass is 290 g/mol. The van der Waals surface area contributed by atoms with Gasteiger partial charge >= 0.3 is 12.0 Å². The molecule has 1 saturated carbocycles. The van der Waals surface area contributed by atoms with Gasteiger partial charge in [0.15, 0.2) is 0 Å². The SMILES string of the molecule is CN(CC1CCCC1)C(=O)N(CC(=O)O)c1ccccc1. The molecule has 0 aliphatic heterocycles. The third-order valence-electron chi connectivity index (χ3n) is 3.93. The Morgan fingerprint density at radius 1 is 1.19 bits per heavy atom. The highest BCUT2D eigenvalue weighted by Crippen LogP contribution is 2.25. The Morgan fingerprint density at radius 2 is 1.81 bits per heavy atom. The molecule has 0 bridgehead atoms. The number of amides is 2. The molecule has 1 aliphatic rings. The standard InChI is InChI=1S/C16H22N2O3/c1-17(11-13-7-5-6-8-13)16(21)18(12-15(19)20)14-9-3-2-4-10-14/h2-4,9-10,13H,5-8,11-12H2,1H3,(H,19,20). The highest BCUT2D eigenvalue weighted by Gasteiger charge is 2.25. The average Bonchev–Trinajstić information content (AvgIpc) is 2.97. The van der Waals surface area contributed by atoms with Crippen LogP contribution in [0.1, 0.15) is 25.7 Å². The van der Waals surface area contributed by atoms with Crippen LogP contribution in [0.3, 0.4) is 0 Å². The summed E-state index contributed by atoms with van der Waals surface area (Å²) in [6.07, 6.45) is 4.76. The predicted octanol–water partition coefficient (Wildman–Crippen LogP) is 2.82. The van der Waals surface area contributed by atoms with E-state index in [9.17, 15) is 9.59 Å². The number of carbonyl (C=O) groups is 2. The van der Waals surface area contributed by atoms with E-state index in [1.165, 1.54) is 17.7 Å². The number of benzene rings is 1. The zero-order valence-corrected chi connectivity index (χ0v) is 12.4. The van der Waals surface area contributed by atoms with E-state index in [0.717, 1.165) is 12.8 Å². The van der Waals surface area contributed by atoms with Crippen molar-refractivity contribution in [2.45, 2.75) is 25.7 Å². The highest BCUT2D eigenvalue weighted by molar-refractivity contribution is 5.96. The number of carboxylic acid groups (broad SMARTS) is 1. The molecule has 1 aliphatic carbocycles. The number of anilines is 1. The predicted molar refractivity (Wildman–Crippen MR) is 81.4 cm³/mol. The van der Waals surface area contributed by atoms with Crippen molar-refractivity contribution < 1.29 is 14.7 Å². The number of aliphatic carboxylic acids is 1. The number of carbonyl (C=O) groups excluding carboxylic acids is 1. The normalized spacial score (nSPS) is 14.9. The Hall–Kier alpha value is -2.04. The fourth-order valence-electron chi connectivity index (χ4n) is 2.88. The van der Waals surface area contributed by atoms with Crippen molar-refractivity contribution >= 4 is 17.7 Å². The van der Waals surface area contributed by atoms with Gasteiger partial charge in [-0.2, -0.15) is 0 Å². The summed E-state index contributed by atoms with van der Waals surface area (Å²) >= 11 is 0. The summed E-state index contributed by atoms with van der Waals surface area (Å²) in [7, 11) is 1.75. The van der Waals surface area contributed by atoms with E-state index < -0.39 is 5.97 Å². The van der Waals surface area contributed by atoms with E-state index in [4.69, 9.17) is 5.11 Å². The van der Waals surface area contributed by atoms with Crippen LogP contribution in [-0.2, 0) is 4.79 Å². The van der Waals surface area contributed by atoms with Gasteiger partial charge in [-0.25, -0.2) is 4.79 Å². The van der Waals surface area contributed by atoms with E-state index in [1.807, 2.05) is 6.07 Å². The van der Waals surface area contributed by atoms with Gasteiger partial charge in [0.25, 0.3) is 0 Å². The van der Waals surface area contributed by atoms with E-state index >= 15 is 0 Å². The zero-order valence-electron chi connectivity index (χ0n) is 12.4. The third kappa shape index (κ3) is 4.21. The summed E-state index contributed by atoms with van der Waals surface area (Å²) in [5.41, 5.74) is 0.614. The third-order valence-corrected chi connectivity index (χ3v) is 3.93. The molecule has 0 aromatic heterocycles. The van der Waals surface area contributed by atoms with Gasteiger partial charge < -0.3 is 10.0 Å². The maximum absolute atomic E-state index is 12.6. The first-order valence-electron chi connectivity index (χ1n) is 7.37. The summed E-state index contributed by atoms with van der Waals surface area (Å²) in [4.78, 5) is 26.6. The van der Waals surface area contributed by atoms with E-state index in [2.05, 4.69) is 0 Å². The lowest BCUT2D eigenvalue weighted by Crippen LogP contribution is -2.45. The molecule has 1 fully saturated rings. The van der Waals surface area contributed by atoms with Gasteiger partial charge in [-0.3, -0.25) is 9.69 Å². The molecular weight excluding hydrogens is 268 g/mol. The molecule has 2 rings (SSSR count). The molecule has 5 nitrogen and oxygen atoms in total. The van der Waals surface area contributed by atoms with Crippen molar-refractivity contribution in [1.82, 2.24) is 4.90 Å². The van der Waals surface area contributed by atoms with Gasteiger partial charge in [0.05, 0.1) is 0 Å². The van der Waals surface area contributed by atoms with Crippen LogP contribution >= 0.6 is 0 Å². The van der Waals surface area contributed by atoms with Gasteiger partial charge in [-0.1, -0.05) is 31.0 Å². The molecule has 0 radical (unpaired) electrons. The van der Waals surface area contributed by atoms with Crippen molar-refractivity contribution in [2.24, 2.45) is 5.92 Å². The zero-order chi connectivity index (χ0) is 15.2. The first kappa shape index (κ1) is 15.4. The Morgan fingerprint density at radius 3 is 2.38 bits per heavy atom. The highest BCUT2D eigenvalue weighted by atomic mass is 16.4. The fourth-order valence-corrected chi connectivity index (χ4v) is 2.88. The van der Waals surface area contributed by atoms with Gasteiger partial charge in [0.1, 0.15) is 6.54 Å². The molecule has 1 N–H and O–H groups in total. The molecule has 5 heteroatoms. The largest absolute Gasteiger partial charge is 0.480 e. The first-order valence-corrected chi connectivity index (χ1v) is 7.37. The summed E-state index contributed by atoms with van der Waals surface area (Å²) < 4.78 is 0. The Balaban J connectivity index is 2.08. The maximum Gasteiger partial charge on any atom is 0.324 e. The lowest BCUT2D eigenvalue weighted by Gasteiger charge is -2.28. The number of nitrogens with zero attached hydrogens (tertiary/aromatic N) is 2. The lowest BCUT2D eigenvalue weighted by atomic mass is 10.1. The van der Waals surface area contributed by atoms with Crippen molar-refractivity contribution in [3.05, 3.63) is 30.3 Å². The fraction of sp³-hybridized carbons (Fsp3) is 0.500. The van der Waals surface area contributed by atoms with Crippen LogP contribution in [0, 0.1) is 5.92 Å². The van der Waals surface area contributed by atoms with Gasteiger partial charge in [0.2, 0.25) is 0 Å². The number of hydrogen-bond acceptors (Lipinski definition) is 2. The molecule has 2 amide bonds. The quantitative estimate of drug-likeness (QED) is 0.907. The molecular formula is C16H22N2O3. The van der Waals surface area contributed by atoms with Crippen molar-refractivity contribution in [3.8, 4) is 0 Å². The van der Waals surface area contributed by atoms with Crippen LogP contribution in [0.5, 0.6) is 0 Å². The minimum atomic E-state index is -1.01. The van der Waals surface area contributed by atoms with Crippen LogP contribution in [0.15, 0.2) is 30.3 Å². The number of carboxylic acids is 1. The van der Waals surface area contributed by atoms with Gasteiger partial charge in [-0.05, 0) is 30.9 Å². The van der Waals surface area contributed by atoms with E-state index in [-0.39, 0.29) is 12.6 Å². The second-order valence-corrected chi connectivity index (χ2v) is 5.63. The van der Waals surface area contributed by atoms with Gasteiger partial charge in [0, 0.05) is 19.3 Å². The second kappa shape index (κ2) is 7.11. The summed E-state index contributed by atoms with van der Waals surface area (Å²) in [6.45, 7) is 0.375. The van der Waals surface area contributed by atoms with Crippen LogP contribution in [0.25, 0.3) is 0 Å². The number of hydrogen-bond donors (Lipinski definition) is 1. The molecule has 1 aromatic carbocycles. The lowest BCUT2D eigenvalue weighted by molar-refractivity contribution is -0.135. The maximum atomic E-state index is 12.6. The molecule has 0 spiro atoms. The second-order valence-electron chi connectivity index (χ2n) is 5.63. The summed E-state index contributed by atoms with van der Waals surface area (Å²) in [5.74, 6) is -0.470. The van der Waals surface area contributed by atoms with Crippen LogP contribution < -0.4 is 4.90 Å². The molecule has 114 valence electrons. The first-order chi connectivity index (χ1) is 10.1. The minimum Gasteiger partial charge on any atom is -0.480 e. The van der Waals surface area contributed by atoms with Gasteiger partial charge in [-0.15, -0.1) is 0 Å². The van der Waals surface area contributed by atoms with Crippen molar-refractivity contribution in [1.29, 1.82) is 0 Å². The number of para-hydroxylation sites is 1. The average molecular weight is 290 g/mol. The van der Waals surface area contributed by atoms with Crippen molar-refractivity contribution in [2.75, 3.05) is 25.0 Å². The van der Waals surface area contributed by atoms with E-state index in [1.54, 1.807) is 36.2 Å². The molecule has 0 saturated heterocycles. The number of urea groups is 1. The summed E-state index contributed by atoms with van der Waals surface area (Å²) in [6, 6.07) is 8.70. The molecule has 0 unspecified atom stereocenters. The smallest absolute Gasteiger partial charge is 0.324 e. The number of rotatable bonds is 5. The van der Waals surface area contributed by atoms with E-state index in [0.29, 0.717) is 18.2 Å². The minimum absolute atomic E-state index is 0.254. The Kier molecular flexibility index (Phi) is 5.20. The topological polar surface area (TPSA) is 60.9 Å². The van der Waals surface area contributed by atoms with Crippen molar-refractivity contribution in [3.63, 3.8) is 0 Å². The van der Waals surface area contributed by atoms with Crippen LogP contribution in [-0.4, -0.2) is 42.1 Å². The molecule has 21 heavy (non-hydrogen) atoms. The van der Waals surface area contributed by atoms with Crippen LogP contribution in [0.4, 0.5) is 10.5 Å². The molecule has 0 atom stereocenters.